The van der Waals surface area contributed by atoms with Gasteiger partial charge >= 0.3 is 5.97 Å². The second-order valence-electron chi connectivity index (χ2n) is 6.21. The Balaban J connectivity index is 1.88. The van der Waals surface area contributed by atoms with Crippen molar-refractivity contribution >= 4 is 11.9 Å². The summed E-state index contributed by atoms with van der Waals surface area (Å²) in [7, 11) is 0. The Morgan fingerprint density at radius 1 is 1.40 bits per heavy atom. The van der Waals surface area contributed by atoms with Crippen LogP contribution in [-0.2, 0) is 21.5 Å². The van der Waals surface area contributed by atoms with Gasteiger partial charge in [0.15, 0.2) is 0 Å². The lowest BCUT2D eigenvalue weighted by Crippen LogP contribution is -2.43. The van der Waals surface area contributed by atoms with Crippen LogP contribution in [0.15, 0.2) is 10.6 Å². The van der Waals surface area contributed by atoms with E-state index in [4.69, 9.17) is 9.52 Å². The van der Waals surface area contributed by atoms with Gasteiger partial charge in [-0.3, -0.25) is 9.59 Å². The van der Waals surface area contributed by atoms with Crippen LogP contribution in [0.4, 0.5) is 0 Å². The first-order valence-electron chi connectivity index (χ1n) is 6.74. The number of carboxylic acids is 1. The molecule has 1 aliphatic rings. The zero-order valence-electron chi connectivity index (χ0n) is 12.0. The van der Waals surface area contributed by atoms with Gasteiger partial charge in [-0.25, -0.2) is 4.98 Å². The van der Waals surface area contributed by atoms with E-state index in [9.17, 15) is 9.59 Å². The van der Waals surface area contributed by atoms with Crippen LogP contribution >= 0.6 is 0 Å². The third-order valence-electron chi connectivity index (χ3n) is 3.63. The zero-order chi connectivity index (χ0) is 14.9. The molecule has 0 bridgehead atoms. The van der Waals surface area contributed by atoms with Gasteiger partial charge in [0, 0.05) is 5.41 Å². The van der Waals surface area contributed by atoms with E-state index in [-0.39, 0.29) is 17.9 Å². The quantitative estimate of drug-likeness (QED) is 0.875. The summed E-state index contributed by atoms with van der Waals surface area (Å²) in [5, 5.41) is 11.6. The van der Waals surface area contributed by atoms with Crippen LogP contribution in [-0.4, -0.2) is 22.0 Å². The van der Waals surface area contributed by atoms with Crippen LogP contribution in [0.5, 0.6) is 0 Å². The second kappa shape index (κ2) is 5.26. The van der Waals surface area contributed by atoms with E-state index in [1.165, 1.54) is 0 Å². The Morgan fingerprint density at radius 2 is 2.05 bits per heavy atom. The van der Waals surface area contributed by atoms with Gasteiger partial charge in [0.25, 0.3) is 0 Å². The van der Waals surface area contributed by atoms with Crippen molar-refractivity contribution < 1.29 is 19.1 Å². The number of aliphatic carboxylic acids is 1. The van der Waals surface area contributed by atoms with Gasteiger partial charge in [-0.05, 0) is 12.8 Å². The highest BCUT2D eigenvalue weighted by Crippen LogP contribution is 2.34. The van der Waals surface area contributed by atoms with Crippen LogP contribution in [0.1, 0.15) is 45.3 Å². The Morgan fingerprint density at radius 3 is 2.50 bits per heavy atom. The average molecular weight is 280 g/mol. The zero-order valence-corrected chi connectivity index (χ0v) is 12.0. The van der Waals surface area contributed by atoms with Crippen molar-refractivity contribution in [2.75, 3.05) is 0 Å². The van der Waals surface area contributed by atoms with Crippen molar-refractivity contribution in [3.8, 4) is 0 Å². The minimum atomic E-state index is -0.900. The molecule has 0 spiro atoms. The number of carboxylic acid groups (broad SMARTS) is 1. The Hall–Kier alpha value is -1.85. The molecule has 2 rings (SSSR count). The lowest BCUT2D eigenvalue weighted by molar-refractivity contribution is -0.152. The topological polar surface area (TPSA) is 92.4 Å². The molecule has 1 heterocycles. The highest BCUT2D eigenvalue weighted by Gasteiger charge is 2.41. The van der Waals surface area contributed by atoms with Gasteiger partial charge < -0.3 is 14.8 Å². The van der Waals surface area contributed by atoms with Crippen molar-refractivity contribution in [3.05, 3.63) is 17.8 Å². The third-order valence-corrected chi connectivity index (χ3v) is 3.63. The van der Waals surface area contributed by atoms with Crippen molar-refractivity contribution in [2.24, 2.45) is 11.8 Å². The SMILES string of the molecule is CC(C)(C)c1cnc(CNC(=O)C2CCC2C(=O)O)o1. The maximum absolute atomic E-state index is 11.9. The standard InChI is InChI=1S/C14H20N2O4/c1-14(2,3)10-6-15-11(20-10)7-16-12(17)8-4-5-9(8)13(18)19/h6,8-9H,4-5,7H2,1-3H3,(H,16,17)(H,18,19). The number of rotatable bonds is 4. The van der Waals surface area contributed by atoms with Gasteiger partial charge in [0.05, 0.1) is 24.6 Å². The van der Waals surface area contributed by atoms with Crippen LogP contribution < -0.4 is 5.32 Å². The molecule has 6 nitrogen and oxygen atoms in total. The Bertz CT molecular complexity index is 515. The molecule has 0 radical (unpaired) electrons. The molecule has 0 saturated heterocycles. The lowest BCUT2D eigenvalue weighted by Gasteiger charge is -2.31. The van der Waals surface area contributed by atoms with E-state index in [2.05, 4.69) is 10.3 Å². The minimum absolute atomic E-state index is 0.127. The highest BCUT2D eigenvalue weighted by atomic mass is 16.4. The summed E-state index contributed by atoms with van der Waals surface area (Å²) in [6.45, 7) is 6.24. The molecule has 0 aromatic carbocycles. The molecule has 1 fully saturated rings. The van der Waals surface area contributed by atoms with Gasteiger partial charge in [0.1, 0.15) is 5.76 Å². The molecule has 6 heteroatoms. The molecule has 0 aliphatic heterocycles. The Kier molecular flexibility index (Phi) is 3.83. The number of oxazole rings is 1. The van der Waals surface area contributed by atoms with Crippen molar-refractivity contribution in [1.29, 1.82) is 0 Å². The number of nitrogens with zero attached hydrogens (tertiary/aromatic N) is 1. The van der Waals surface area contributed by atoms with Gasteiger partial charge in [-0.2, -0.15) is 0 Å². The fourth-order valence-electron chi connectivity index (χ4n) is 2.14. The molecule has 110 valence electrons. The van der Waals surface area contributed by atoms with Crippen LogP contribution in [0.2, 0.25) is 0 Å². The van der Waals surface area contributed by atoms with Gasteiger partial charge in [0.2, 0.25) is 11.8 Å². The number of nitrogens with one attached hydrogen (secondary N) is 1. The fraction of sp³-hybridized carbons (Fsp3) is 0.643. The lowest BCUT2D eigenvalue weighted by atomic mass is 9.73. The number of hydrogen-bond acceptors (Lipinski definition) is 4. The largest absolute Gasteiger partial charge is 0.481 e. The summed E-state index contributed by atoms with van der Waals surface area (Å²) in [5.41, 5.74) is -0.127. The molecule has 2 unspecified atom stereocenters. The third kappa shape index (κ3) is 3.00. The molecule has 2 atom stereocenters. The molecule has 20 heavy (non-hydrogen) atoms. The summed E-state index contributed by atoms with van der Waals surface area (Å²) in [6.07, 6.45) is 2.85. The van der Waals surface area contributed by atoms with Crippen LogP contribution in [0.3, 0.4) is 0 Å². The van der Waals surface area contributed by atoms with E-state index in [1.807, 2.05) is 20.8 Å². The number of amides is 1. The monoisotopic (exact) mass is 280 g/mol. The first-order valence-corrected chi connectivity index (χ1v) is 6.74. The molecule has 1 aromatic rings. The van der Waals surface area contributed by atoms with Gasteiger partial charge in [-0.15, -0.1) is 0 Å². The maximum Gasteiger partial charge on any atom is 0.307 e. The number of hydrogen-bond donors (Lipinski definition) is 2. The maximum atomic E-state index is 11.9. The van der Waals surface area contributed by atoms with Crippen molar-refractivity contribution in [2.45, 2.75) is 45.6 Å². The summed E-state index contributed by atoms with van der Waals surface area (Å²) in [4.78, 5) is 26.9. The molecular weight excluding hydrogens is 260 g/mol. The van der Waals surface area contributed by atoms with E-state index in [0.717, 1.165) is 5.76 Å². The summed E-state index contributed by atoms with van der Waals surface area (Å²) in [6, 6.07) is 0. The second-order valence-corrected chi connectivity index (χ2v) is 6.21. The number of carbonyl (C=O) groups excluding carboxylic acids is 1. The summed E-state index contributed by atoms with van der Waals surface area (Å²) < 4.78 is 5.56. The molecule has 1 aromatic heterocycles. The molecule has 1 aliphatic carbocycles. The van der Waals surface area contributed by atoms with Crippen molar-refractivity contribution in [3.63, 3.8) is 0 Å². The predicted molar refractivity (Wildman–Crippen MR) is 70.9 cm³/mol. The van der Waals surface area contributed by atoms with Crippen LogP contribution in [0.25, 0.3) is 0 Å². The molecule has 2 N–H and O–H groups in total. The minimum Gasteiger partial charge on any atom is -0.481 e. The number of aromatic nitrogens is 1. The predicted octanol–water partition coefficient (Wildman–Crippen LogP) is 1.70. The first-order chi connectivity index (χ1) is 9.29. The molecular formula is C14H20N2O4. The van der Waals surface area contributed by atoms with Crippen LogP contribution in [0, 0.1) is 11.8 Å². The van der Waals surface area contributed by atoms with E-state index < -0.39 is 17.8 Å². The molecule has 1 saturated carbocycles. The summed E-state index contributed by atoms with van der Waals surface area (Å²) >= 11 is 0. The first kappa shape index (κ1) is 14.6. The summed E-state index contributed by atoms with van der Waals surface area (Å²) in [5.74, 6) is -0.917. The fourth-order valence-corrected chi connectivity index (χ4v) is 2.14. The van der Waals surface area contributed by atoms with E-state index >= 15 is 0 Å². The van der Waals surface area contributed by atoms with Gasteiger partial charge in [-0.1, -0.05) is 20.8 Å². The van der Waals surface area contributed by atoms with E-state index in [0.29, 0.717) is 18.7 Å². The highest BCUT2D eigenvalue weighted by molar-refractivity contribution is 5.86. The molecule has 1 amide bonds. The smallest absolute Gasteiger partial charge is 0.307 e. The van der Waals surface area contributed by atoms with Crippen molar-refractivity contribution in [1.82, 2.24) is 10.3 Å². The van der Waals surface area contributed by atoms with E-state index in [1.54, 1.807) is 6.20 Å². The normalized spacial score (nSPS) is 22.1. The average Bonchev–Trinajstić information content (AvgIpc) is 2.71. The number of carbonyl (C=O) groups is 2. The Labute approximate surface area is 117 Å².